The highest BCUT2D eigenvalue weighted by Gasteiger charge is 2.22. The van der Waals surface area contributed by atoms with Gasteiger partial charge in [-0.05, 0) is 85.3 Å². The normalized spacial score (nSPS) is 14.1. The maximum Gasteiger partial charge on any atom is 0.203 e. The Bertz CT molecular complexity index is 2150. The molecule has 2 atom stereocenters. The van der Waals surface area contributed by atoms with Crippen LogP contribution in [0.4, 0.5) is 11.6 Å². The second kappa shape index (κ2) is 20.0. The van der Waals surface area contributed by atoms with Gasteiger partial charge >= 0.3 is 0 Å². The van der Waals surface area contributed by atoms with Crippen molar-refractivity contribution in [1.82, 2.24) is 56.4 Å². The molecule has 0 saturated heterocycles. The molecule has 286 valence electrons. The zero-order valence-corrected chi connectivity index (χ0v) is 31.8. The highest BCUT2D eigenvalue weighted by atomic mass is 15.3. The molecule has 55 heavy (non-hydrogen) atoms. The Kier molecular flexibility index (Phi) is 14.2. The minimum atomic E-state index is 0.139. The summed E-state index contributed by atoms with van der Waals surface area (Å²) < 4.78 is 0. The fourth-order valence-electron chi connectivity index (χ4n) is 7.37. The summed E-state index contributed by atoms with van der Waals surface area (Å²) in [7, 11) is 0. The summed E-state index contributed by atoms with van der Waals surface area (Å²) in [6.07, 6.45) is 10.4. The molecule has 0 amide bonds. The van der Waals surface area contributed by atoms with E-state index in [9.17, 15) is 0 Å². The van der Waals surface area contributed by atoms with Crippen molar-refractivity contribution in [1.29, 1.82) is 0 Å². The summed E-state index contributed by atoms with van der Waals surface area (Å²) in [5.74, 6) is 1.29. The number of nitrogens with zero attached hydrogens (tertiary/aromatic N) is 7. The van der Waals surface area contributed by atoms with Crippen molar-refractivity contribution in [2.24, 2.45) is 0 Å². The predicted molar refractivity (Wildman–Crippen MR) is 220 cm³/mol. The van der Waals surface area contributed by atoms with Crippen LogP contribution in [0.3, 0.4) is 0 Å². The number of nitrogens with two attached hydrogens (primary N) is 2. The van der Waals surface area contributed by atoms with Crippen LogP contribution in [-0.4, -0.2) is 64.9 Å². The Morgan fingerprint density at radius 3 is 1.71 bits per heavy atom. The number of anilines is 2. The van der Waals surface area contributed by atoms with Gasteiger partial charge in [-0.15, -0.1) is 10.2 Å². The molecular formula is C42H53N13. The minimum Gasteiger partial charge on any atom is -0.384 e. The van der Waals surface area contributed by atoms with Gasteiger partial charge in [-0.25, -0.2) is 9.97 Å². The molecule has 5 heterocycles. The van der Waals surface area contributed by atoms with Crippen molar-refractivity contribution in [3.63, 3.8) is 0 Å². The van der Waals surface area contributed by atoms with Crippen LogP contribution in [-0.2, 0) is 6.54 Å². The molecule has 8 rings (SSSR count). The summed E-state index contributed by atoms with van der Waals surface area (Å²) in [6.45, 7) is 6.55. The third-order valence-electron chi connectivity index (χ3n) is 9.95. The lowest BCUT2D eigenvalue weighted by Gasteiger charge is -2.25. The fourth-order valence-corrected chi connectivity index (χ4v) is 7.37. The first-order chi connectivity index (χ1) is 27.1. The molecule has 7 aromatic rings. The Morgan fingerprint density at radius 1 is 0.655 bits per heavy atom. The number of nitrogens with one attached hydrogen (secondary N) is 4. The fraction of sp³-hybridized carbons (Fsp3) is 0.357. The van der Waals surface area contributed by atoms with Gasteiger partial charge in [0.2, 0.25) is 11.3 Å². The largest absolute Gasteiger partial charge is 0.384 e. The van der Waals surface area contributed by atoms with Crippen LogP contribution in [0.5, 0.6) is 0 Å². The number of benzene rings is 2. The maximum atomic E-state index is 6.04. The lowest BCUT2D eigenvalue weighted by atomic mass is 9.88. The van der Waals surface area contributed by atoms with Crippen molar-refractivity contribution < 1.29 is 0 Å². The van der Waals surface area contributed by atoms with E-state index < -0.39 is 0 Å². The van der Waals surface area contributed by atoms with E-state index in [1.807, 2.05) is 74.6 Å². The zero-order chi connectivity index (χ0) is 38.2. The quantitative estimate of drug-likeness (QED) is 0.0663. The van der Waals surface area contributed by atoms with Crippen molar-refractivity contribution in [3.8, 4) is 0 Å². The minimum absolute atomic E-state index is 0.139. The Hall–Kier alpha value is -5.79. The maximum absolute atomic E-state index is 6.04. The standard InChI is InChI=1S/C20H21N7.C20H26N6.C2H6/c21-18-12-17(19-20(24-18)26-27-25-19)16(14-6-2-1-3-7-14)9-11-22-13-15-8-4-5-10-23-15;21-18-13-17(19-20(23-18)25-26-24-19)16(14-7-3-1-4-8-14)11-12-22-15-9-5-2-6-10-15;1-2/h1-8,10,12,16,22H,9,11,13H2,(H3,21,24,25,26,27);1,3-4,7-8,13,15-16,22H,2,5-6,9-12H2,(H3,21,23,24,25,26);1-2H3. The third kappa shape index (κ3) is 10.5. The highest BCUT2D eigenvalue weighted by molar-refractivity contribution is 5.78. The molecule has 0 spiro atoms. The van der Waals surface area contributed by atoms with Crippen LogP contribution < -0.4 is 22.1 Å². The van der Waals surface area contributed by atoms with Crippen LogP contribution in [0.25, 0.3) is 22.3 Å². The van der Waals surface area contributed by atoms with Crippen molar-refractivity contribution >= 4 is 34.0 Å². The van der Waals surface area contributed by atoms with E-state index in [1.165, 1.54) is 43.2 Å². The summed E-state index contributed by atoms with van der Waals surface area (Å²) in [6, 6.07) is 31.4. The van der Waals surface area contributed by atoms with Gasteiger partial charge < -0.3 is 22.1 Å². The second-order valence-corrected chi connectivity index (χ2v) is 13.6. The van der Waals surface area contributed by atoms with Crippen LogP contribution in [0.2, 0.25) is 0 Å². The number of rotatable bonds is 13. The molecule has 2 unspecified atom stereocenters. The number of hydrogen-bond donors (Lipinski definition) is 6. The van der Waals surface area contributed by atoms with Gasteiger partial charge in [0, 0.05) is 30.6 Å². The smallest absolute Gasteiger partial charge is 0.203 e. The summed E-state index contributed by atoms with van der Waals surface area (Å²) >= 11 is 0. The lowest BCUT2D eigenvalue weighted by molar-refractivity contribution is 0.370. The lowest BCUT2D eigenvalue weighted by Crippen LogP contribution is -2.32. The first kappa shape index (κ1) is 38.9. The molecule has 1 fully saturated rings. The molecule has 1 aliphatic rings. The molecule has 0 radical (unpaired) electrons. The van der Waals surface area contributed by atoms with E-state index >= 15 is 0 Å². The monoisotopic (exact) mass is 739 g/mol. The number of aromatic amines is 2. The van der Waals surface area contributed by atoms with Crippen molar-refractivity contribution in [2.45, 2.75) is 83.2 Å². The summed E-state index contributed by atoms with van der Waals surface area (Å²) in [5, 5.41) is 29.4. The van der Waals surface area contributed by atoms with Crippen molar-refractivity contribution in [3.05, 3.63) is 125 Å². The molecule has 13 heteroatoms. The Balaban J connectivity index is 0.000000179. The molecule has 1 aliphatic carbocycles. The average molecular weight is 740 g/mol. The van der Waals surface area contributed by atoms with E-state index in [4.69, 9.17) is 11.5 Å². The second-order valence-electron chi connectivity index (χ2n) is 13.6. The van der Waals surface area contributed by atoms with Gasteiger partial charge in [0.1, 0.15) is 22.7 Å². The third-order valence-corrected chi connectivity index (χ3v) is 9.95. The number of pyridine rings is 3. The van der Waals surface area contributed by atoms with Crippen LogP contribution in [0.15, 0.2) is 97.2 Å². The van der Waals surface area contributed by atoms with Crippen LogP contribution in [0.1, 0.15) is 98.6 Å². The number of aromatic nitrogens is 9. The molecule has 5 aromatic heterocycles. The van der Waals surface area contributed by atoms with E-state index in [0.29, 0.717) is 29.0 Å². The first-order valence-corrected chi connectivity index (χ1v) is 19.5. The van der Waals surface area contributed by atoms with Crippen LogP contribution >= 0.6 is 0 Å². The number of fused-ring (bicyclic) bond motifs is 2. The molecule has 0 aliphatic heterocycles. The van der Waals surface area contributed by atoms with Gasteiger partial charge in [0.05, 0.1) is 5.69 Å². The SMILES string of the molecule is CC.Nc1cc(C(CCNC2CCCCC2)c2ccccc2)c2n[nH]nc2n1.Nc1cc(C(CCNCc2ccccn2)c2ccccc2)c2n[nH]nc2n1. The molecule has 8 N–H and O–H groups in total. The molecule has 2 aromatic carbocycles. The zero-order valence-electron chi connectivity index (χ0n) is 31.8. The molecule has 0 bridgehead atoms. The van der Waals surface area contributed by atoms with Gasteiger partial charge in [0.25, 0.3) is 0 Å². The molecule has 13 nitrogen and oxygen atoms in total. The number of H-pyrrole nitrogens is 2. The van der Waals surface area contributed by atoms with Gasteiger partial charge in [-0.2, -0.15) is 20.6 Å². The topological polar surface area (TPSA) is 198 Å². The number of nitrogen functional groups attached to an aromatic ring is 2. The average Bonchev–Trinajstić information content (AvgIpc) is 3.92. The van der Waals surface area contributed by atoms with Crippen LogP contribution in [0, 0.1) is 0 Å². The van der Waals surface area contributed by atoms with E-state index in [-0.39, 0.29) is 11.8 Å². The molecule has 1 saturated carbocycles. The van der Waals surface area contributed by atoms with E-state index in [1.54, 1.807) is 0 Å². The first-order valence-electron chi connectivity index (χ1n) is 19.5. The Morgan fingerprint density at radius 2 is 1.18 bits per heavy atom. The molecular weight excluding hydrogens is 687 g/mol. The van der Waals surface area contributed by atoms with E-state index in [0.717, 1.165) is 60.3 Å². The summed E-state index contributed by atoms with van der Waals surface area (Å²) in [5.41, 5.74) is 20.4. The summed E-state index contributed by atoms with van der Waals surface area (Å²) in [4.78, 5) is 12.9. The van der Waals surface area contributed by atoms with Crippen molar-refractivity contribution in [2.75, 3.05) is 24.6 Å². The van der Waals surface area contributed by atoms with Gasteiger partial charge in [0.15, 0.2) is 0 Å². The van der Waals surface area contributed by atoms with Gasteiger partial charge in [-0.1, -0.05) is 99.8 Å². The van der Waals surface area contributed by atoms with Gasteiger partial charge in [-0.3, -0.25) is 4.98 Å². The van der Waals surface area contributed by atoms with E-state index in [2.05, 4.69) is 92.8 Å². The Labute approximate surface area is 322 Å². The predicted octanol–water partition coefficient (Wildman–Crippen LogP) is 7.05. The number of hydrogen-bond acceptors (Lipinski definition) is 11. The highest BCUT2D eigenvalue weighted by Crippen LogP contribution is 2.34.